The zero-order valence-corrected chi connectivity index (χ0v) is 18.8. The summed E-state index contributed by atoms with van der Waals surface area (Å²) in [6, 6.07) is 11.6. The molecule has 0 aliphatic rings. The standard InChI is InChI=1S/C21H21ClN2O4S2/c1-3-12-24-18-11-8-16(28-2)14-19(18)29-21(24)23-20(25)5-4-13-30(26,27)17-9-6-15(22)7-10-17/h3,6-11,14H,1,4-5,12-13H2,2H3. The summed E-state index contributed by atoms with van der Waals surface area (Å²) in [6.45, 7) is 4.27. The average molecular weight is 465 g/mol. The fourth-order valence-electron chi connectivity index (χ4n) is 2.91. The van der Waals surface area contributed by atoms with Gasteiger partial charge < -0.3 is 9.30 Å². The summed E-state index contributed by atoms with van der Waals surface area (Å²) in [5, 5.41) is 0.469. The molecule has 3 aromatic rings. The molecule has 30 heavy (non-hydrogen) atoms. The largest absolute Gasteiger partial charge is 0.497 e. The molecular formula is C21H21ClN2O4S2. The van der Waals surface area contributed by atoms with E-state index in [1.54, 1.807) is 13.2 Å². The van der Waals surface area contributed by atoms with Crippen molar-refractivity contribution in [2.75, 3.05) is 12.9 Å². The zero-order chi connectivity index (χ0) is 21.7. The third-order valence-corrected chi connectivity index (χ3v) is 7.51. The van der Waals surface area contributed by atoms with Crippen molar-refractivity contribution in [2.24, 2.45) is 4.99 Å². The molecule has 0 atom stereocenters. The van der Waals surface area contributed by atoms with Crippen LogP contribution in [-0.4, -0.2) is 31.8 Å². The van der Waals surface area contributed by atoms with Crippen LogP contribution in [0.15, 0.2) is 65.0 Å². The average Bonchev–Trinajstić information content (AvgIpc) is 3.04. The number of halogens is 1. The number of thiazole rings is 1. The third-order valence-electron chi connectivity index (χ3n) is 4.40. The molecule has 9 heteroatoms. The van der Waals surface area contributed by atoms with E-state index in [-0.39, 0.29) is 29.4 Å². The van der Waals surface area contributed by atoms with Crippen LogP contribution in [0.1, 0.15) is 12.8 Å². The Balaban J connectivity index is 1.76. The Morgan fingerprint density at radius 2 is 2.00 bits per heavy atom. The van der Waals surface area contributed by atoms with Crippen molar-refractivity contribution in [1.82, 2.24) is 4.57 Å². The first-order valence-electron chi connectivity index (χ1n) is 9.18. The number of rotatable bonds is 8. The van der Waals surface area contributed by atoms with Gasteiger partial charge in [-0.2, -0.15) is 4.99 Å². The quantitative estimate of drug-likeness (QED) is 0.467. The number of methoxy groups -OCH3 is 1. The van der Waals surface area contributed by atoms with E-state index in [9.17, 15) is 13.2 Å². The summed E-state index contributed by atoms with van der Waals surface area (Å²) in [5.74, 6) is 0.226. The molecule has 158 valence electrons. The van der Waals surface area contributed by atoms with Crippen molar-refractivity contribution >= 4 is 48.9 Å². The number of carbonyl (C=O) groups is 1. The molecule has 0 unspecified atom stereocenters. The van der Waals surface area contributed by atoms with Gasteiger partial charge in [-0.05, 0) is 48.9 Å². The molecule has 1 heterocycles. The van der Waals surface area contributed by atoms with E-state index in [1.807, 2.05) is 22.8 Å². The maximum Gasteiger partial charge on any atom is 0.248 e. The molecule has 0 aliphatic heterocycles. The van der Waals surface area contributed by atoms with Gasteiger partial charge in [-0.3, -0.25) is 4.79 Å². The lowest BCUT2D eigenvalue weighted by atomic mass is 10.3. The maximum absolute atomic E-state index is 12.4. The number of aromatic nitrogens is 1. The Kier molecular flexibility index (Phi) is 7.12. The van der Waals surface area contributed by atoms with Crippen LogP contribution in [0.3, 0.4) is 0 Å². The van der Waals surface area contributed by atoms with Gasteiger partial charge in [0.25, 0.3) is 0 Å². The van der Waals surface area contributed by atoms with Gasteiger partial charge in [-0.25, -0.2) is 8.42 Å². The van der Waals surface area contributed by atoms with Crippen LogP contribution in [0.4, 0.5) is 0 Å². The Hall–Kier alpha value is -2.42. The molecule has 1 amide bonds. The highest BCUT2D eigenvalue weighted by Gasteiger charge is 2.15. The lowest BCUT2D eigenvalue weighted by Gasteiger charge is -2.04. The fourth-order valence-corrected chi connectivity index (χ4v) is 5.43. The van der Waals surface area contributed by atoms with Crippen molar-refractivity contribution in [3.05, 3.63) is 64.9 Å². The number of benzene rings is 2. The normalized spacial score (nSPS) is 12.3. The SMILES string of the molecule is C=CCn1c(=NC(=O)CCCS(=O)(=O)c2ccc(Cl)cc2)sc2cc(OC)ccc21. The van der Waals surface area contributed by atoms with Crippen LogP contribution in [-0.2, 0) is 21.2 Å². The molecular weight excluding hydrogens is 444 g/mol. The van der Waals surface area contributed by atoms with Crippen molar-refractivity contribution in [3.63, 3.8) is 0 Å². The van der Waals surface area contributed by atoms with E-state index >= 15 is 0 Å². The number of allylic oxidation sites excluding steroid dienone is 1. The lowest BCUT2D eigenvalue weighted by molar-refractivity contribution is -0.118. The van der Waals surface area contributed by atoms with Gasteiger partial charge in [0, 0.05) is 18.0 Å². The van der Waals surface area contributed by atoms with Gasteiger partial charge >= 0.3 is 0 Å². The highest BCUT2D eigenvalue weighted by molar-refractivity contribution is 7.91. The fraction of sp³-hybridized carbons (Fsp3) is 0.238. The topological polar surface area (TPSA) is 77.7 Å². The molecule has 0 aliphatic carbocycles. The van der Waals surface area contributed by atoms with E-state index < -0.39 is 9.84 Å². The van der Waals surface area contributed by atoms with Crippen LogP contribution in [0.5, 0.6) is 5.75 Å². The second kappa shape index (κ2) is 9.59. The molecule has 6 nitrogen and oxygen atoms in total. The van der Waals surface area contributed by atoms with Crippen molar-refractivity contribution < 1.29 is 17.9 Å². The minimum atomic E-state index is -3.47. The second-order valence-corrected chi connectivity index (χ2v) is 10.1. The summed E-state index contributed by atoms with van der Waals surface area (Å²) in [6.07, 6.45) is 1.96. The van der Waals surface area contributed by atoms with E-state index in [2.05, 4.69) is 11.6 Å². The number of fused-ring (bicyclic) bond motifs is 1. The number of hydrogen-bond donors (Lipinski definition) is 0. The predicted molar refractivity (Wildman–Crippen MR) is 120 cm³/mol. The van der Waals surface area contributed by atoms with Crippen molar-refractivity contribution in [3.8, 4) is 5.75 Å². The number of hydrogen-bond acceptors (Lipinski definition) is 5. The second-order valence-electron chi connectivity index (χ2n) is 6.50. The highest BCUT2D eigenvalue weighted by atomic mass is 35.5. The molecule has 0 saturated heterocycles. The number of sulfone groups is 1. The number of nitrogens with zero attached hydrogens (tertiary/aromatic N) is 2. The molecule has 2 aromatic carbocycles. The van der Waals surface area contributed by atoms with Crippen LogP contribution in [0.25, 0.3) is 10.2 Å². The summed E-state index contributed by atoms with van der Waals surface area (Å²) in [4.78, 5) is 17.4. The van der Waals surface area contributed by atoms with E-state index in [1.165, 1.54) is 35.6 Å². The van der Waals surface area contributed by atoms with E-state index in [0.29, 0.717) is 16.4 Å². The minimum Gasteiger partial charge on any atom is -0.497 e. The van der Waals surface area contributed by atoms with Crippen LogP contribution in [0.2, 0.25) is 5.02 Å². The smallest absolute Gasteiger partial charge is 0.248 e. The highest BCUT2D eigenvalue weighted by Crippen LogP contribution is 2.23. The monoisotopic (exact) mass is 464 g/mol. The Morgan fingerprint density at radius 3 is 2.67 bits per heavy atom. The Morgan fingerprint density at radius 1 is 1.27 bits per heavy atom. The number of amides is 1. The maximum atomic E-state index is 12.4. The summed E-state index contributed by atoms with van der Waals surface area (Å²) in [7, 11) is -1.88. The molecule has 0 fully saturated rings. The first-order valence-corrected chi connectivity index (χ1v) is 12.0. The van der Waals surface area contributed by atoms with Gasteiger partial charge in [0.1, 0.15) is 5.75 Å². The van der Waals surface area contributed by atoms with Crippen LogP contribution >= 0.6 is 22.9 Å². The van der Waals surface area contributed by atoms with Crippen LogP contribution < -0.4 is 9.54 Å². The molecule has 0 saturated carbocycles. The molecule has 0 radical (unpaired) electrons. The van der Waals surface area contributed by atoms with Gasteiger partial charge in [0.05, 0.1) is 28.0 Å². The third kappa shape index (κ3) is 5.19. The van der Waals surface area contributed by atoms with Gasteiger partial charge in [0.15, 0.2) is 14.6 Å². The minimum absolute atomic E-state index is 0.0402. The van der Waals surface area contributed by atoms with Gasteiger partial charge in [0.2, 0.25) is 5.91 Å². The Bertz CT molecular complexity index is 1240. The van der Waals surface area contributed by atoms with Crippen molar-refractivity contribution in [2.45, 2.75) is 24.3 Å². The molecule has 1 aromatic heterocycles. The van der Waals surface area contributed by atoms with E-state index in [4.69, 9.17) is 16.3 Å². The van der Waals surface area contributed by atoms with Gasteiger partial charge in [-0.15, -0.1) is 6.58 Å². The predicted octanol–water partition coefficient (Wildman–Crippen LogP) is 4.23. The number of ether oxygens (including phenoxy) is 1. The van der Waals surface area contributed by atoms with E-state index in [0.717, 1.165) is 16.0 Å². The van der Waals surface area contributed by atoms with Crippen molar-refractivity contribution in [1.29, 1.82) is 0 Å². The summed E-state index contributed by atoms with van der Waals surface area (Å²) >= 11 is 7.18. The molecule has 0 bridgehead atoms. The number of carbonyl (C=O) groups excluding carboxylic acids is 1. The Labute approximate surface area is 184 Å². The van der Waals surface area contributed by atoms with Crippen LogP contribution in [0, 0.1) is 0 Å². The zero-order valence-electron chi connectivity index (χ0n) is 16.4. The lowest BCUT2D eigenvalue weighted by Crippen LogP contribution is -2.16. The first-order chi connectivity index (χ1) is 14.3. The summed E-state index contributed by atoms with van der Waals surface area (Å²) < 4.78 is 32.9. The summed E-state index contributed by atoms with van der Waals surface area (Å²) in [5.41, 5.74) is 0.928. The first kappa shape index (κ1) is 22.3. The molecule has 0 spiro atoms. The van der Waals surface area contributed by atoms with Gasteiger partial charge in [-0.1, -0.05) is 29.0 Å². The molecule has 0 N–H and O–H groups in total. The molecule has 3 rings (SSSR count).